The fourth-order valence-corrected chi connectivity index (χ4v) is 6.06. The Labute approximate surface area is 162 Å². The minimum Gasteiger partial charge on any atom is -0.450 e. The first-order valence-corrected chi connectivity index (χ1v) is 10.6. The first-order valence-electron chi connectivity index (χ1n) is 10.6. The van der Waals surface area contributed by atoms with Crippen molar-refractivity contribution >= 4 is 12.0 Å². The minimum atomic E-state index is -0.146. The zero-order chi connectivity index (χ0) is 19.2. The summed E-state index contributed by atoms with van der Waals surface area (Å²) >= 11 is 0. The number of rotatable bonds is 3. The molecule has 3 saturated heterocycles. The van der Waals surface area contributed by atoms with E-state index in [-0.39, 0.29) is 17.5 Å². The van der Waals surface area contributed by atoms with Crippen molar-refractivity contribution in [1.29, 1.82) is 0 Å². The lowest BCUT2D eigenvalue weighted by molar-refractivity contribution is -0.138. The lowest BCUT2D eigenvalue weighted by Crippen LogP contribution is -2.59. The van der Waals surface area contributed by atoms with Crippen molar-refractivity contribution in [2.45, 2.75) is 64.0 Å². The molecule has 0 aromatic heterocycles. The van der Waals surface area contributed by atoms with Gasteiger partial charge in [0.15, 0.2) is 0 Å². The molecule has 0 aromatic carbocycles. The van der Waals surface area contributed by atoms with E-state index >= 15 is 0 Å². The Morgan fingerprint density at radius 3 is 2.48 bits per heavy atom. The maximum absolute atomic E-state index is 12.2. The molecule has 3 aliphatic heterocycles. The number of likely N-dealkylation sites (tertiary alicyclic amines) is 2. The van der Waals surface area contributed by atoms with Crippen LogP contribution in [0.1, 0.15) is 52.4 Å². The van der Waals surface area contributed by atoms with Gasteiger partial charge in [0, 0.05) is 52.2 Å². The molecule has 27 heavy (non-hydrogen) atoms. The Kier molecular flexibility index (Phi) is 4.87. The van der Waals surface area contributed by atoms with E-state index in [1.54, 1.807) is 0 Å². The SMILES string of the molecule is CCOC(=O)N1CCC2(CC(N3CCC4(CC3)CC(=O)N(C)N4CC)C2)C1. The molecule has 1 saturated carbocycles. The largest absolute Gasteiger partial charge is 0.450 e. The first-order chi connectivity index (χ1) is 12.9. The summed E-state index contributed by atoms with van der Waals surface area (Å²) in [6.45, 7) is 9.23. The summed E-state index contributed by atoms with van der Waals surface area (Å²) in [6, 6.07) is 0.648. The van der Waals surface area contributed by atoms with Gasteiger partial charge in [0.05, 0.1) is 12.1 Å². The van der Waals surface area contributed by atoms with Crippen molar-refractivity contribution < 1.29 is 14.3 Å². The summed E-state index contributed by atoms with van der Waals surface area (Å²) in [5, 5.41) is 4.14. The van der Waals surface area contributed by atoms with Crippen LogP contribution in [0.5, 0.6) is 0 Å². The van der Waals surface area contributed by atoms with Gasteiger partial charge in [-0.15, -0.1) is 0 Å². The lowest BCUT2D eigenvalue weighted by Gasteiger charge is -2.53. The number of amides is 2. The molecule has 4 fully saturated rings. The zero-order valence-electron chi connectivity index (χ0n) is 17.1. The molecule has 3 heterocycles. The number of hydrogen-bond acceptors (Lipinski definition) is 5. The normalized spacial score (nSPS) is 33.9. The second-order valence-electron chi connectivity index (χ2n) is 9.00. The second kappa shape index (κ2) is 6.92. The van der Waals surface area contributed by atoms with Crippen LogP contribution in [0.4, 0.5) is 4.79 Å². The van der Waals surface area contributed by atoms with Crippen LogP contribution >= 0.6 is 0 Å². The summed E-state index contributed by atoms with van der Waals surface area (Å²) in [5.41, 5.74) is 0.373. The Hall–Kier alpha value is -1.34. The highest BCUT2D eigenvalue weighted by atomic mass is 16.6. The molecule has 7 heteroatoms. The van der Waals surface area contributed by atoms with Crippen LogP contribution in [0.25, 0.3) is 0 Å². The van der Waals surface area contributed by atoms with E-state index < -0.39 is 0 Å². The van der Waals surface area contributed by atoms with Crippen LogP contribution in [0.2, 0.25) is 0 Å². The molecule has 0 bridgehead atoms. The van der Waals surface area contributed by atoms with Gasteiger partial charge in [-0.2, -0.15) is 0 Å². The summed E-state index contributed by atoms with van der Waals surface area (Å²) in [5.74, 6) is 0.262. The molecule has 0 atom stereocenters. The Bertz CT molecular complexity index is 596. The van der Waals surface area contributed by atoms with E-state index in [0.29, 0.717) is 24.5 Å². The number of hydrazine groups is 1. The first kappa shape index (κ1) is 19.0. The Morgan fingerprint density at radius 1 is 1.15 bits per heavy atom. The van der Waals surface area contributed by atoms with Crippen LogP contribution in [-0.2, 0) is 9.53 Å². The van der Waals surface area contributed by atoms with Gasteiger partial charge in [0.2, 0.25) is 5.91 Å². The molecule has 0 aromatic rings. The van der Waals surface area contributed by atoms with E-state index in [2.05, 4.69) is 16.8 Å². The van der Waals surface area contributed by atoms with Crippen LogP contribution in [0.3, 0.4) is 0 Å². The van der Waals surface area contributed by atoms with Gasteiger partial charge in [0.25, 0.3) is 0 Å². The fourth-order valence-electron chi connectivity index (χ4n) is 6.06. The van der Waals surface area contributed by atoms with E-state index in [1.165, 1.54) is 12.8 Å². The second-order valence-corrected chi connectivity index (χ2v) is 9.00. The monoisotopic (exact) mass is 378 g/mol. The molecular formula is C20H34N4O3. The molecule has 4 rings (SSSR count). The zero-order valence-corrected chi connectivity index (χ0v) is 17.1. The van der Waals surface area contributed by atoms with Crippen molar-refractivity contribution in [3.05, 3.63) is 0 Å². The summed E-state index contributed by atoms with van der Waals surface area (Å²) in [4.78, 5) is 28.7. The summed E-state index contributed by atoms with van der Waals surface area (Å²) < 4.78 is 5.16. The highest BCUT2D eigenvalue weighted by Gasteiger charge is 2.54. The van der Waals surface area contributed by atoms with E-state index in [1.807, 2.05) is 23.9 Å². The quantitative estimate of drug-likeness (QED) is 0.751. The maximum atomic E-state index is 12.2. The number of carbonyl (C=O) groups excluding carboxylic acids is 2. The molecule has 0 N–H and O–H groups in total. The molecule has 2 spiro atoms. The third kappa shape index (κ3) is 3.12. The average Bonchev–Trinajstić information content (AvgIpc) is 3.16. The van der Waals surface area contributed by atoms with E-state index in [4.69, 9.17) is 4.74 Å². The highest BCUT2D eigenvalue weighted by molar-refractivity contribution is 5.79. The smallest absolute Gasteiger partial charge is 0.409 e. The fraction of sp³-hybridized carbons (Fsp3) is 0.900. The van der Waals surface area contributed by atoms with Crippen molar-refractivity contribution in [3.8, 4) is 0 Å². The van der Waals surface area contributed by atoms with Crippen molar-refractivity contribution in [2.24, 2.45) is 5.41 Å². The van der Waals surface area contributed by atoms with Crippen molar-refractivity contribution in [1.82, 2.24) is 19.8 Å². The molecular weight excluding hydrogens is 344 g/mol. The van der Waals surface area contributed by atoms with Crippen LogP contribution in [0.15, 0.2) is 0 Å². The Morgan fingerprint density at radius 2 is 1.85 bits per heavy atom. The number of ether oxygens (including phenoxy) is 1. The average molecular weight is 379 g/mol. The number of carbonyl (C=O) groups is 2. The summed E-state index contributed by atoms with van der Waals surface area (Å²) in [6.07, 6.45) is 6.20. The third-order valence-corrected chi connectivity index (χ3v) is 7.60. The van der Waals surface area contributed by atoms with Crippen LogP contribution in [0, 0.1) is 5.41 Å². The number of hydrogen-bond donors (Lipinski definition) is 0. The molecule has 152 valence electrons. The standard InChI is InChI=1S/C20H34N4O3/c1-4-24-20(14-17(25)21(24)3)7-10-22(11-8-20)16-12-19(13-16)6-9-23(15-19)18(26)27-5-2/h16H,4-15H2,1-3H3. The predicted octanol–water partition coefficient (Wildman–Crippen LogP) is 1.93. The maximum Gasteiger partial charge on any atom is 0.409 e. The molecule has 1 aliphatic carbocycles. The topological polar surface area (TPSA) is 56.3 Å². The van der Waals surface area contributed by atoms with Crippen molar-refractivity contribution in [3.63, 3.8) is 0 Å². The number of piperidine rings is 1. The predicted molar refractivity (Wildman–Crippen MR) is 102 cm³/mol. The molecule has 4 aliphatic rings. The van der Waals surface area contributed by atoms with Crippen molar-refractivity contribution in [2.75, 3.05) is 46.4 Å². The lowest BCUT2D eigenvalue weighted by atomic mass is 9.64. The Balaban J connectivity index is 1.29. The van der Waals surface area contributed by atoms with Gasteiger partial charge >= 0.3 is 6.09 Å². The third-order valence-electron chi connectivity index (χ3n) is 7.60. The van der Waals surface area contributed by atoms with E-state index in [0.717, 1.165) is 52.0 Å². The van der Waals surface area contributed by atoms with Gasteiger partial charge in [0.1, 0.15) is 0 Å². The minimum absolute atomic E-state index is 0.0482. The highest BCUT2D eigenvalue weighted by Crippen LogP contribution is 2.51. The molecule has 2 amide bonds. The molecule has 0 unspecified atom stereocenters. The van der Waals surface area contributed by atoms with Gasteiger partial charge in [-0.3, -0.25) is 9.80 Å². The van der Waals surface area contributed by atoms with E-state index in [9.17, 15) is 9.59 Å². The molecule has 7 nitrogen and oxygen atoms in total. The van der Waals surface area contributed by atoms with Crippen LogP contribution in [-0.4, -0.2) is 89.8 Å². The van der Waals surface area contributed by atoms with Gasteiger partial charge in [-0.1, -0.05) is 6.92 Å². The molecule has 0 radical (unpaired) electrons. The number of nitrogens with zero attached hydrogens (tertiary/aromatic N) is 4. The van der Waals surface area contributed by atoms with Crippen LogP contribution < -0.4 is 0 Å². The van der Waals surface area contributed by atoms with Gasteiger partial charge in [-0.05, 0) is 44.4 Å². The van der Waals surface area contributed by atoms with Gasteiger partial charge < -0.3 is 14.5 Å². The van der Waals surface area contributed by atoms with Gasteiger partial charge in [-0.25, -0.2) is 9.80 Å². The summed E-state index contributed by atoms with van der Waals surface area (Å²) in [7, 11) is 1.91.